The SMILES string of the molecule is CCC(C)C1CN(Cc2cccc(O)c2)CCN1. The van der Waals surface area contributed by atoms with Crippen molar-refractivity contribution in [1.82, 2.24) is 10.2 Å². The van der Waals surface area contributed by atoms with E-state index in [4.69, 9.17) is 0 Å². The molecule has 1 heterocycles. The third-order valence-corrected chi connectivity index (χ3v) is 3.94. The van der Waals surface area contributed by atoms with Crippen molar-refractivity contribution >= 4 is 0 Å². The molecule has 1 aromatic rings. The van der Waals surface area contributed by atoms with Crippen LogP contribution in [0.15, 0.2) is 24.3 Å². The predicted octanol–water partition coefficient (Wildman–Crippen LogP) is 2.21. The number of phenolic OH excluding ortho intramolecular Hbond substituents is 1. The highest BCUT2D eigenvalue weighted by molar-refractivity contribution is 5.27. The summed E-state index contributed by atoms with van der Waals surface area (Å²) in [5.74, 6) is 1.08. The van der Waals surface area contributed by atoms with E-state index in [0.717, 1.165) is 32.1 Å². The molecule has 0 spiro atoms. The zero-order chi connectivity index (χ0) is 13.0. The van der Waals surface area contributed by atoms with Crippen molar-refractivity contribution in [2.75, 3.05) is 19.6 Å². The smallest absolute Gasteiger partial charge is 0.115 e. The number of rotatable bonds is 4. The van der Waals surface area contributed by atoms with Crippen LogP contribution in [-0.2, 0) is 6.54 Å². The van der Waals surface area contributed by atoms with Gasteiger partial charge >= 0.3 is 0 Å². The van der Waals surface area contributed by atoms with Crippen LogP contribution in [0, 0.1) is 5.92 Å². The Morgan fingerprint density at radius 3 is 3.06 bits per heavy atom. The number of piperazine rings is 1. The molecular weight excluding hydrogens is 224 g/mol. The zero-order valence-electron chi connectivity index (χ0n) is 11.4. The number of nitrogens with zero attached hydrogens (tertiary/aromatic N) is 1. The van der Waals surface area contributed by atoms with Gasteiger partial charge in [0, 0.05) is 32.2 Å². The second kappa shape index (κ2) is 6.21. The van der Waals surface area contributed by atoms with Gasteiger partial charge in [0.15, 0.2) is 0 Å². The average molecular weight is 248 g/mol. The summed E-state index contributed by atoms with van der Waals surface area (Å²) in [5, 5.41) is 13.1. The molecule has 1 aliphatic heterocycles. The van der Waals surface area contributed by atoms with Gasteiger partial charge in [0.1, 0.15) is 5.75 Å². The van der Waals surface area contributed by atoms with Crippen molar-refractivity contribution in [2.24, 2.45) is 5.92 Å². The lowest BCUT2D eigenvalue weighted by atomic mass is 9.97. The number of benzene rings is 1. The van der Waals surface area contributed by atoms with E-state index in [2.05, 4.69) is 30.1 Å². The van der Waals surface area contributed by atoms with Gasteiger partial charge in [-0.1, -0.05) is 32.4 Å². The maximum absolute atomic E-state index is 9.49. The minimum absolute atomic E-state index is 0.362. The summed E-state index contributed by atoms with van der Waals surface area (Å²) in [5.41, 5.74) is 1.19. The van der Waals surface area contributed by atoms with Gasteiger partial charge in [0.25, 0.3) is 0 Å². The van der Waals surface area contributed by atoms with E-state index in [1.165, 1.54) is 12.0 Å². The third-order valence-electron chi connectivity index (χ3n) is 3.94. The molecule has 18 heavy (non-hydrogen) atoms. The topological polar surface area (TPSA) is 35.5 Å². The van der Waals surface area contributed by atoms with Gasteiger partial charge in [-0.2, -0.15) is 0 Å². The van der Waals surface area contributed by atoms with E-state index in [-0.39, 0.29) is 0 Å². The lowest BCUT2D eigenvalue weighted by Gasteiger charge is -2.36. The Morgan fingerprint density at radius 1 is 1.50 bits per heavy atom. The highest BCUT2D eigenvalue weighted by atomic mass is 16.3. The second-order valence-corrected chi connectivity index (χ2v) is 5.35. The average Bonchev–Trinajstić information content (AvgIpc) is 2.38. The Balaban J connectivity index is 1.93. The minimum Gasteiger partial charge on any atom is -0.508 e. The second-order valence-electron chi connectivity index (χ2n) is 5.35. The van der Waals surface area contributed by atoms with E-state index in [1.807, 2.05) is 12.1 Å². The van der Waals surface area contributed by atoms with Crippen LogP contribution < -0.4 is 5.32 Å². The van der Waals surface area contributed by atoms with Crippen molar-refractivity contribution in [2.45, 2.75) is 32.9 Å². The molecule has 0 bridgehead atoms. The number of phenols is 1. The summed E-state index contributed by atoms with van der Waals surface area (Å²) in [4.78, 5) is 2.47. The van der Waals surface area contributed by atoms with Gasteiger partial charge in [-0.15, -0.1) is 0 Å². The van der Waals surface area contributed by atoms with Crippen molar-refractivity contribution in [3.05, 3.63) is 29.8 Å². The van der Waals surface area contributed by atoms with Crippen LogP contribution in [0.3, 0.4) is 0 Å². The van der Waals surface area contributed by atoms with Gasteiger partial charge in [-0.3, -0.25) is 4.90 Å². The molecule has 1 saturated heterocycles. The third kappa shape index (κ3) is 3.47. The Hall–Kier alpha value is -1.06. The first-order chi connectivity index (χ1) is 8.69. The first-order valence-corrected chi connectivity index (χ1v) is 6.92. The molecule has 1 aliphatic rings. The molecule has 100 valence electrons. The monoisotopic (exact) mass is 248 g/mol. The highest BCUT2D eigenvalue weighted by Crippen LogP contribution is 2.16. The maximum atomic E-state index is 9.49. The number of aromatic hydroxyl groups is 1. The van der Waals surface area contributed by atoms with Crippen molar-refractivity contribution in [3.63, 3.8) is 0 Å². The van der Waals surface area contributed by atoms with Crippen LogP contribution in [0.1, 0.15) is 25.8 Å². The maximum Gasteiger partial charge on any atom is 0.115 e. The molecule has 1 aromatic carbocycles. The van der Waals surface area contributed by atoms with Crippen LogP contribution in [0.25, 0.3) is 0 Å². The predicted molar refractivity (Wildman–Crippen MR) is 74.6 cm³/mol. The van der Waals surface area contributed by atoms with Crippen LogP contribution in [0.5, 0.6) is 5.75 Å². The number of hydrogen-bond acceptors (Lipinski definition) is 3. The van der Waals surface area contributed by atoms with Crippen molar-refractivity contribution < 1.29 is 5.11 Å². The van der Waals surface area contributed by atoms with Crippen molar-refractivity contribution in [1.29, 1.82) is 0 Å². The highest BCUT2D eigenvalue weighted by Gasteiger charge is 2.22. The standard InChI is InChI=1S/C15H24N2O/c1-3-12(2)15-11-17(8-7-16-15)10-13-5-4-6-14(18)9-13/h4-6,9,12,15-16,18H,3,7-8,10-11H2,1-2H3. The fourth-order valence-corrected chi connectivity index (χ4v) is 2.56. The molecule has 2 N–H and O–H groups in total. The minimum atomic E-state index is 0.362. The lowest BCUT2D eigenvalue weighted by molar-refractivity contribution is 0.162. The van der Waals surface area contributed by atoms with E-state index in [0.29, 0.717) is 11.8 Å². The van der Waals surface area contributed by atoms with E-state index >= 15 is 0 Å². The van der Waals surface area contributed by atoms with Crippen LogP contribution in [-0.4, -0.2) is 35.7 Å². The molecule has 2 unspecified atom stereocenters. The fourth-order valence-electron chi connectivity index (χ4n) is 2.56. The van der Waals surface area contributed by atoms with Crippen LogP contribution in [0.4, 0.5) is 0 Å². The molecule has 2 atom stereocenters. The fraction of sp³-hybridized carbons (Fsp3) is 0.600. The quantitative estimate of drug-likeness (QED) is 0.857. The Labute approximate surface area is 110 Å². The Bertz CT molecular complexity index is 381. The largest absolute Gasteiger partial charge is 0.508 e. The molecule has 0 radical (unpaired) electrons. The molecule has 0 amide bonds. The number of hydrogen-bond donors (Lipinski definition) is 2. The van der Waals surface area contributed by atoms with Gasteiger partial charge in [-0.05, 0) is 23.6 Å². The van der Waals surface area contributed by atoms with Crippen molar-refractivity contribution in [3.8, 4) is 5.75 Å². The molecule has 1 fully saturated rings. The summed E-state index contributed by atoms with van der Waals surface area (Å²) >= 11 is 0. The van der Waals surface area contributed by atoms with Gasteiger partial charge < -0.3 is 10.4 Å². The molecule has 0 saturated carbocycles. The van der Waals surface area contributed by atoms with E-state index < -0.39 is 0 Å². The van der Waals surface area contributed by atoms with E-state index in [9.17, 15) is 5.11 Å². The lowest BCUT2D eigenvalue weighted by Crippen LogP contribution is -2.52. The van der Waals surface area contributed by atoms with Gasteiger partial charge in [0.2, 0.25) is 0 Å². The first-order valence-electron chi connectivity index (χ1n) is 6.92. The van der Waals surface area contributed by atoms with Gasteiger partial charge in [-0.25, -0.2) is 0 Å². The van der Waals surface area contributed by atoms with Gasteiger partial charge in [0.05, 0.1) is 0 Å². The Kier molecular flexibility index (Phi) is 4.61. The molecule has 3 heteroatoms. The van der Waals surface area contributed by atoms with Crippen LogP contribution >= 0.6 is 0 Å². The molecule has 3 nitrogen and oxygen atoms in total. The summed E-state index contributed by atoms with van der Waals surface area (Å²) in [6.45, 7) is 8.75. The zero-order valence-corrected chi connectivity index (χ0v) is 11.4. The Morgan fingerprint density at radius 2 is 2.33 bits per heavy atom. The summed E-state index contributed by atoms with van der Waals surface area (Å²) in [6.07, 6.45) is 1.22. The molecule has 2 rings (SSSR count). The van der Waals surface area contributed by atoms with E-state index in [1.54, 1.807) is 6.07 Å². The van der Waals surface area contributed by atoms with Crippen LogP contribution in [0.2, 0.25) is 0 Å². The summed E-state index contributed by atoms with van der Waals surface area (Å²) in [7, 11) is 0. The first kappa shape index (κ1) is 13.4. The molecule has 0 aromatic heterocycles. The molecule has 0 aliphatic carbocycles. The summed E-state index contributed by atoms with van der Waals surface area (Å²) < 4.78 is 0. The summed E-state index contributed by atoms with van der Waals surface area (Å²) in [6, 6.07) is 8.18. The molecular formula is C15H24N2O. The normalized spacial score (nSPS) is 22.9. The number of nitrogens with one attached hydrogen (secondary N) is 1.